The fourth-order valence-corrected chi connectivity index (χ4v) is 3.20. The van der Waals surface area contributed by atoms with Gasteiger partial charge in [0.05, 0.1) is 12.3 Å². The Morgan fingerprint density at radius 1 is 1.08 bits per heavy atom. The van der Waals surface area contributed by atoms with E-state index in [2.05, 4.69) is 0 Å². The minimum absolute atomic E-state index is 0.0276. The van der Waals surface area contributed by atoms with Crippen LogP contribution in [-0.2, 0) is 9.59 Å². The highest BCUT2D eigenvalue weighted by Gasteiger charge is 2.17. The van der Waals surface area contributed by atoms with Crippen molar-refractivity contribution >= 4 is 23.6 Å². The van der Waals surface area contributed by atoms with Gasteiger partial charge in [0.1, 0.15) is 13.2 Å². The van der Waals surface area contributed by atoms with Crippen LogP contribution < -0.4 is 9.47 Å². The second-order valence-corrected chi connectivity index (χ2v) is 6.46. The lowest BCUT2D eigenvalue weighted by molar-refractivity contribution is -0.137. The Morgan fingerprint density at radius 2 is 1.75 bits per heavy atom. The standard InChI is InChI=1S/C17H24N2O4S/c1-4-19(5-2)16(20)11-18(3)17(21)12-24-13-6-7-14-15(10-13)23-9-8-22-14/h6-7,10H,4-5,8-9,11-12H2,1-3H3. The molecule has 2 amide bonds. The number of hydrogen-bond acceptors (Lipinski definition) is 5. The zero-order chi connectivity index (χ0) is 17.5. The first kappa shape index (κ1) is 18.4. The first-order valence-corrected chi connectivity index (χ1v) is 9.07. The van der Waals surface area contributed by atoms with Crippen molar-refractivity contribution in [3.63, 3.8) is 0 Å². The van der Waals surface area contributed by atoms with Crippen LogP contribution in [0.3, 0.4) is 0 Å². The maximum atomic E-state index is 12.2. The largest absolute Gasteiger partial charge is 0.486 e. The van der Waals surface area contributed by atoms with Crippen molar-refractivity contribution in [2.45, 2.75) is 18.7 Å². The first-order chi connectivity index (χ1) is 11.5. The lowest BCUT2D eigenvalue weighted by atomic mass is 10.3. The van der Waals surface area contributed by atoms with E-state index in [4.69, 9.17) is 9.47 Å². The maximum Gasteiger partial charge on any atom is 0.242 e. The van der Waals surface area contributed by atoms with Gasteiger partial charge in [-0.05, 0) is 32.0 Å². The zero-order valence-electron chi connectivity index (χ0n) is 14.4. The summed E-state index contributed by atoms with van der Waals surface area (Å²) in [5, 5.41) is 0. The van der Waals surface area contributed by atoms with Crippen molar-refractivity contribution in [1.29, 1.82) is 0 Å². The summed E-state index contributed by atoms with van der Waals surface area (Å²) in [5.74, 6) is 1.62. The van der Waals surface area contributed by atoms with Crippen LogP contribution in [-0.4, -0.2) is 67.3 Å². The SMILES string of the molecule is CCN(CC)C(=O)CN(C)C(=O)CSc1ccc2c(c1)OCCO2. The molecule has 0 saturated carbocycles. The van der Waals surface area contributed by atoms with Crippen LogP contribution in [0, 0.1) is 0 Å². The highest BCUT2D eigenvalue weighted by molar-refractivity contribution is 8.00. The highest BCUT2D eigenvalue weighted by Crippen LogP contribution is 2.34. The molecule has 132 valence electrons. The number of thioether (sulfide) groups is 1. The van der Waals surface area contributed by atoms with Gasteiger partial charge in [-0.2, -0.15) is 0 Å². The number of likely N-dealkylation sites (N-methyl/N-ethyl adjacent to an activating group) is 2. The molecule has 0 aliphatic carbocycles. The summed E-state index contributed by atoms with van der Waals surface area (Å²) in [6.45, 7) is 6.39. The third-order valence-electron chi connectivity index (χ3n) is 3.79. The van der Waals surface area contributed by atoms with Gasteiger partial charge in [-0.1, -0.05) is 0 Å². The lowest BCUT2D eigenvalue weighted by Crippen LogP contribution is -2.41. The van der Waals surface area contributed by atoms with Crippen LogP contribution in [0.2, 0.25) is 0 Å². The number of fused-ring (bicyclic) bond motifs is 1. The fourth-order valence-electron chi connectivity index (χ4n) is 2.34. The van der Waals surface area contributed by atoms with Gasteiger partial charge in [-0.15, -0.1) is 11.8 Å². The van der Waals surface area contributed by atoms with Crippen LogP contribution in [0.15, 0.2) is 23.1 Å². The number of carbonyl (C=O) groups excluding carboxylic acids is 2. The molecule has 0 bridgehead atoms. The van der Waals surface area contributed by atoms with E-state index in [9.17, 15) is 9.59 Å². The third kappa shape index (κ3) is 4.80. The van der Waals surface area contributed by atoms with Crippen LogP contribution in [0.25, 0.3) is 0 Å². The van der Waals surface area contributed by atoms with E-state index < -0.39 is 0 Å². The number of carbonyl (C=O) groups is 2. The summed E-state index contributed by atoms with van der Waals surface area (Å²) in [4.78, 5) is 28.4. The van der Waals surface area contributed by atoms with E-state index in [1.54, 1.807) is 11.9 Å². The highest BCUT2D eigenvalue weighted by atomic mass is 32.2. The Balaban J connectivity index is 1.85. The molecule has 1 aromatic carbocycles. The fraction of sp³-hybridized carbons (Fsp3) is 0.529. The topological polar surface area (TPSA) is 59.1 Å². The van der Waals surface area contributed by atoms with Crippen molar-refractivity contribution in [3.8, 4) is 11.5 Å². The Kier molecular flexibility index (Phi) is 6.78. The monoisotopic (exact) mass is 352 g/mol. The molecule has 0 atom stereocenters. The number of amides is 2. The van der Waals surface area contributed by atoms with E-state index >= 15 is 0 Å². The molecule has 0 radical (unpaired) electrons. The van der Waals surface area contributed by atoms with E-state index in [0.717, 1.165) is 10.6 Å². The van der Waals surface area contributed by atoms with Gasteiger partial charge in [0.15, 0.2) is 11.5 Å². The number of hydrogen-bond donors (Lipinski definition) is 0. The minimum Gasteiger partial charge on any atom is -0.486 e. The van der Waals surface area contributed by atoms with Crippen molar-refractivity contribution < 1.29 is 19.1 Å². The van der Waals surface area contributed by atoms with Gasteiger partial charge in [0, 0.05) is 25.0 Å². The summed E-state index contributed by atoms with van der Waals surface area (Å²) in [7, 11) is 1.66. The van der Waals surface area contributed by atoms with Crippen molar-refractivity contribution in [2.75, 3.05) is 45.6 Å². The zero-order valence-corrected chi connectivity index (χ0v) is 15.2. The van der Waals surface area contributed by atoms with Gasteiger partial charge in [0.2, 0.25) is 11.8 Å². The summed E-state index contributed by atoms with van der Waals surface area (Å²) >= 11 is 1.43. The molecule has 1 aliphatic heterocycles. The molecule has 0 fully saturated rings. The summed E-state index contributed by atoms with van der Waals surface area (Å²) < 4.78 is 11.0. The van der Waals surface area contributed by atoms with E-state index in [0.29, 0.717) is 32.1 Å². The van der Waals surface area contributed by atoms with Gasteiger partial charge in [-0.25, -0.2) is 0 Å². The van der Waals surface area contributed by atoms with Gasteiger partial charge >= 0.3 is 0 Å². The molecular weight excluding hydrogens is 328 g/mol. The van der Waals surface area contributed by atoms with Crippen LogP contribution in [0.5, 0.6) is 11.5 Å². The second-order valence-electron chi connectivity index (χ2n) is 5.41. The molecule has 1 heterocycles. The van der Waals surface area contributed by atoms with Crippen molar-refractivity contribution in [3.05, 3.63) is 18.2 Å². The molecule has 0 aromatic heterocycles. The summed E-state index contributed by atoms with van der Waals surface area (Å²) in [5.41, 5.74) is 0. The Bertz CT molecular complexity index is 590. The van der Waals surface area contributed by atoms with Crippen LogP contribution >= 0.6 is 11.8 Å². The Hall–Kier alpha value is -1.89. The second kappa shape index (κ2) is 8.82. The predicted octanol–water partition coefficient (Wildman–Crippen LogP) is 1.88. The smallest absolute Gasteiger partial charge is 0.242 e. The Morgan fingerprint density at radius 3 is 2.42 bits per heavy atom. The number of benzene rings is 1. The van der Waals surface area contributed by atoms with Gasteiger partial charge in [-0.3, -0.25) is 9.59 Å². The average molecular weight is 352 g/mol. The third-order valence-corrected chi connectivity index (χ3v) is 4.77. The molecule has 6 nitrogen and oxygen atoms in total. The molecule has 0 N–H and O–H groups in total. The molecule has 0 spiro atoms. The average Bonchev–Trinajstić information content (AvgIpc) is 2.60. The predicted molar refractivity (Wildman–Crippen MR) is 93.7 cm³/mol. The Labute approximate surface area is 147 Å². The quantitative estimate of drug-likeness (QED) is 0.701. The van der Waals surface area contributed by atoms with Crippen LogP contribution in [0.4, 0.5) is 0 Å². The molecule has 1 aromatic rings. The van der Waals surface area contributed by atoms with Crippen molar-refractivity contribution in [1.82, 2.24) is 9.80 Å². The molecule has 0 saturated heterocycles. The maximum absolute atomic E-state index is 12.2. The number of ether oxygens (including phenoxy) is 2. The molecule has 2 rings (SSSR count). The number of nitrogens with zero attached hydrogens (tertiary/aromatic N) is 2. The molecule has 1 aliphatic rings. The molecule has 0 unspecified atom stereocenters. The molecular formula is C17H24N2O4S. The van der Waals surface area contributed by atoms with Gasteiger partial charge < -0.3 is 19.3 Å². The van der Waals surface area contributed by atoms with E-state index in [-0.39, 0.29) is 24.1 Å². The molecule has 7 heteroatoms. The van der Waals surface area contributed by atoms with E-state index in [1.165, 1.54) is 16.7 Å². The normalized spacial score (nSPS) is 12.6. The summed E-state index contributed by atoms with van der Waals surface area (Å²) in [6, 6.07) is 5.65. The summed E-state index contributed by atoms with van der Waals surface area (Å²) in [6.07, 6.45) is 0. The van der Waals surface area contributed by atoms with Crippen molar-refractivity contribution in [2.24, 2.45) is 0 Å². The van der Waals surface area contributed by atoms with Crippen LogP contribution in [0.1, 0.15) is 13.8 Å². The lowest BCUT2D eigenvalue weighted by Gasteiger charge is -2.23. The molecule has 24 heavy (non-hydrogen) atoms. The minimum atomic E-state index is -0.0737. The van der Waals surface area contributed by atoms with Gasteiger partial charge in [0.25, 0.3) is 0 Å². The first-order valence-electron chi connectivity index (χ1n) is 8.09. The van der Waals surface area contributed by atoms with E-state index in [1.807, 2.05) is 32.0 Å². The number of rotatable bonds is 7.